The topological polar surface area (TPSA) is 40.5 Å². The van der Waals surface area contributed by atoms with E-state index in [-0.39, 0.29) is 0 Å². The molecule has 1 N–H and O–H groups in total. The Bertz CT molecular complexity index is 177. The van der Waals surface area contributed by atoms with Gasteiger partial charge in [-0.2, -0.15) is 0 Å². The number of likely N-dealkylation sites (N-methyl/N-ethyl adjacent to an activating group) is 1. The van der Waals surface area contributed by atoms with Crippen molar-refractivity contribution >= 4 is 5.97 Å². The number of carbonyl (C=O) groups is 1. The van der Waals surface area contributed by atoms with Crippen LogP contribution in [0.4, 0.5) is 0 Å². The van der Waals surface area contributed by atoms with Gasteiger partial charge in [0.1, 0.15) is 6.04 Å². The zero-order valence-electron chi connectivity index (χ0n) is 6.66. The summed E-state index contributed by atoms with van der Waals surface area (Å²) in [5.41, 5.74) is 0. The first-order valence-corrected chi connectivity index (χ1v) is 3.89. The maximum atomic E-state index is 10.6. The van der Waals surface area contributed by atoms with Crippen molar-refractivity contribution in [1.29, 1.82) is 0 Å². The molecule has 0 radical (unpaired) electrons. The summed E-state index contributed by atoms with van der Waals surface area (Å²) in [6.45, 7) is 3.65. The molecule has 1 aliphatic heterocycles. The third-order valence-electron chi connectivity index (χ3n) is 1.95. The second-order valence-corrected chi connectivity index (χ2v) is 2.63. The molecule has 0 saturated heterocycles. The predicted molar refractivity (Wildman–Crippen MR) is 42.4 cm³/mol. The number of nitrogens with zero attached hydrogens (tertiary/aromatic N) is 1. The monoisotopic (exact) mass is 155 g/mol. The molecule has 0 aromatic carbocycles. The van der Waals surface area contributed by atoms with Gasteiger partial charge in [-0.05, 0) is 13.0 Å². The molecule has 3 heteroatoms. The highest BCUT2D eigenvalue weighted by atomic mass is 16.4. The second-order valence-electron chi connectivity index (χ2n) is 2.63. The predicted octanol–water partition coefficient (Wildman–Crippen LogP) is 0.721. The van der Waals surface area contributed by atoms with E-state index in [2.05, 4.69) is 0 Å². The van der Waals surface area contributed by atoms with Crippen LogP contribution in [0, 0.1) is 0 Å². The molecule has 0 amide bonds. The van der Waals surface area contributed by atoms with Crippen LogP contribution in [0.2, 0.25) is 0 Å². The van der Waals surface area contributed by atoms with Crippen molar-refractivity contribution in [2.45, 2.75) is 19.4 Å². The highest BCUT2D eigenvalue weighted by Crippen LogP contribution is 2.08. The number of carboxylic acids is 1. The highest BCUT2D eigenvalue weighted by Gasteiger charge is 2.22. The molecule has 0 bridgehead atoms. The van der Waals surface area contributed by atoms with E-state index in [4.69, 9.17) is 5.11 Å². The largest absolute Gasteiger partial charge is 0.480 e. The molecule has 0 aromatic heterocycles. The van der Waals surface area contributed by atoms with Gasteiger partial charge in [0.25, 0.3) is 0 Å². The molecule has 62 valence electrons. The average Bonchev–Trinajstić information content (AvgIpc) is 2.04. The fourth-order valence-corrected chi connectivity index (χ4v) is 1.32. The number of carboxylic acid groups (broad SMARTS) is 1. The van der Waals surface area contributed by atoms with Crippen molar-refractivity contribution < 1.29 is 9.90 Å². The van der Waals surface area contributed by atoms with E-state index < -0.39 is 12.0 Å². The standard InChI is InChI=1S/C8H13NO2/c1-2-9-6-4-3-5-7(9)8(10)11/h3,5,7H,2,4,6H2,1H3,(H,10,11). The van der Waals surface area contributed by atoms with Gasteiger partial charge in [0.15, 0.2) is 0 Å². The lowest BCUT2D eigenvalue weighted by Gasteiger charge is -2.27. The molecule has 3 nitrogen and oxygen atoms in total. The van der Waals surface area contributed by atoms with E-state index in [0.29, 0.717) is 0 Å². The van der Waals surface area contributed by atoms with Crippen molar-refractivity contribution in [3.8, 4) is 0 Å². The molecule has 0 fully saturated rings. The van der Waals surface area contributed by atoms with Crippen LogP contribution in [0.25, 0.3) is 0 Å². The molecule has 0 aliphatic carbocycles. The summed E-state index contributed by atoms with van der Waals surface area (Å²) in [4.78, 5) is 12.6. The normalized spacial score (nSPS) is 25.4. The Morgan fingerprint density at radius 2 is 2.55 bits per heavy atom. The summed E-state index contributed by atoms with van der Waals surface area (Å²) in [5, 5.41) is 8.75. The molecular formula is C8H13NO2. The second kappa shape index (κ2) is 3.53. The van der Waals surface area contributed by atoms with Gasteiger partial charge in [0, 0.05) is 6.54 Å². The minimum atomic E-state index is -0.747. The molecular weight excluding hydrogens is 142 g/mol. The SMILES string of the molecule is CCN1CCC=CC1C(=O)O. The van der Waals surface area contributed by atoms with Gasteiger partial charge in [-0.25, -0.2) is 0 Å². The van der Waals surface area contributed by atoms with E-state index in [1.165, 1.54) is 0 Å². The Kier molecular flexibility index (Phi) is 2.65. The van der Waals surface area contributed by atoms with E-state index in [1.807, 2.05) is 17.9 Å². The fraction of sp³-hybridized carbons (Fsp3) is 0.625. The summed E-state index contributed by atoms with van der Waals surface area (Å²) in [7, 11) is 0. The molecule has 1 rings (SSSR count). The van der Waals surface area contributed by atoms with Gasteiger partial charge >= 0.3 is 5.97 Å². The summed E-state index contributed by atoms with van der Waals surface area (Å²) < 4.78 is 0. The minimum absolute atomic E-state index is 0.395. The summed E-state index contributed by atoms with van der Waals surface area (Å²) >= 11 is 0. The Labute approximate surface area is 66.3 Å². The molecule has 1 unspecified atom stereocenters. The van der Waals surface area contributed by atoms with Crippen LogP contribution in [0.5, 0.6) is 0 Å². The minimum Gasteiger partial charge on any atom is -0.480 e. The molecule has 0 spiro atoms. The van der Waals surface area contributed by atoms with Crippen LogP contribution in [0.3, 0.4) is 0 Å². The summed E-state index contributed by atoms with van der Waals surface area (Å²) in [5.74, 6) is -0.747. The number of rotatable bonds is 2. The summed E-state index contributed by atoms with van der Waals surface area (Å²) in [6, 6.07) is -0.395. The van der Waals surface area contributed by atoms with Crippen LogP contribution < -0.4 is 0 Å². The molecule has 1 atom stereocenters. The van der Waals surface area contributed by atoms with Crippen molar-refractivity contribution in [2.75, 3.05) is 13.1 Å². The van der Waals surface area contributed by atoms with Crippen molar-refractivity contribution in [2.24, 2.45) is 0 Å². The van der Waals surface area contributed by atoms with Crippen LogP contribution in [-0.2, 0) is 4.79 Å². The van der Waals surface area contributed by atoms with Gasteiger partial charge < -0.3 is 5.11 Å². The molecule has 1 heterocycles. The first-order valence-electron chi connectivity index (χ1n) is 3.89. The number of hydrogen-bond acceptors (Lipinski definition) is 2. The third kappa shape index (κ3) is 1.80. The molecule has 0 saturated carbocycles. The van der Waals surface area contributed by atoms with E-state index >= 15 is 0 Å². The average molecular weight is 155 g/mol. The lowest BCUT2D eigenvalue weighted by atomic mass is 10.1. The Balaban J connectivity index is 2.64. The van der Waals surface area contributed by atoms with Crippen LogP contribution in [0.15, 0.2) is 12.2 Å². The van der Waals surface area contributed by atoms with Gasteiger partial charge in [0.2, 0.25) is 0 Å². The zero-order valence-corrected chi connectivity index (χ0v) is 6.66. The van der Waals surface area contributed by atoms with Crippen LogP contribution >= 0.6 is 0 Å². The van der Waals surface area contributed by atoms with E-state index in [1.54, 1.807) is 6.08 Å². The van der Waals surface area contributed by atoms with Crippen molar-refractivity contribution in [3.63, 3.8) is 0 Å². The highest BCUT2D eigenvalue weighted by molar-refractivity contribution is 5.76. The van der Waals surface area contributed by atoms with E-state index in [9.17, 15) is 4.79 Å². The quantitative estimate of drug-likeness (QED) is 0.597. The molecule has 1 aliphatic rings. The maximum absolute atomic E-state index is 10.6. The van der Waals surface area contributed by atoms with E-state index in [0.717, 1.165) is 19.5 Å². The van der Waals surface area contributed by atoms with Gasteiger partial charge in [-0.3, -0.25) is 9.69 Å². The number of aliphatic carboxylic acids is 1. The van der Waals surface area contributed by atoms with Gasteiger partial charge in [-0.1, -0.05) is 19.1 Å². The van der Waals surface area contributed by atoms with Crippen LogP contribution in [-0.4, -0.2) is 35.1 Å². The van der Waals surface area contributed by atoms with Gasteiger partial charge in [0.05, 0.1) is 0 Å². The number of hydrogen-bond donors (Lipinski definition) is 1. The Hall–Kier alpha value is -0.830. The van der Waals surface area contributed by atoms with Crippen molar-refractivity contribution in [3.05, 3.63) is 12.2 Å². The van der Waals surface area contributed by atoms with Gasteiger partial charge in [-0.15, -0.1) is 0 Å². The maximum Gasteiger partial charge on any atom is 0.324 e. The molecule has 0 aromatic rings. The first kappa shape index (κ1) is 8.27. The molecule has 11 heavy (non-hydrogen) atoms. The smallest absolute Gasteiger partial charge is 0.324 e. The Morgan fingerprint density at radius 3 is 3.00 bits per heavy atom. The third-order valence-corrected chi connectivity index (χ3v) is 1.95. The lowest BCUT2D eigenvalue weighted by Crippen LogP contribution is -2.41. The Morgan fingerprint density at radius 1 is 1.82 bits per heavy atom. The zero-order chi connectivity index (χ0) is 8.27. The van der Waals surface area contributed by atoms with Crippen molar-refractivity contribution in [1.82, 2.24) is 4.90 Å². The summed E-state index contributed by atoms with van der Waals surface area (Å²) in [6.07, 6.45) is 4.66. The lowest BCUT2D eigenvalue weighted by molar-refractivity contribution is -0.141. The van der Waals surface area contributed by atoms with Crippen LogP contribution in [0.1, 0.15) is 13.3 Å². The first-order chi connectivity index (χ1) is 5.25. The fourth-order valence-electron chi connectivity index (χ4n) is 1.32.